The van der Waals surface area contributed by atoms with Crippen LogP contribution in [0.1, 0.15) is 5.82 Å². The molecule has 0 unspecified atom stereocenters. The van der Waals surface area contributed by atoms with E-state index in [9.17, 15) is 18.0 Å². The molecule has 0 spiro atoms. The molecule has 3 heterocycles. The van der Waals surface area contributed by atoms with E-state index in [0.29, 0.717) is 49.3 Å². The number of alkyl halides is 3. The highest BCUT2D eigenvalue weighted by molar-refractivity contribution is 5.89. The van der Waals surface area contributed by atoms with Crippen LogP contribution in [-0.4, -0.2) is 58.4 Å². The maximum atomic E-state index is 12.6. The van der Waals surface area contributed by atoms with Gasteiger partial charge in [0.25, 0.3) is 0 Å². The lowest BCUT2D eigenvalue weighted by Gasteiger charge is -2.35. The minimum Gasteiger partial charge on any atom is -0.406 e. The standard InChI is InChI=1S/C22H22F3N7O2/c1-15-27-19(30-18-4-2-3-9-26-18)14-20(28-15)31-10-12-32(13-11-31)21(33)29-16-5-7-17(8-6-16)34-22(23,24)25/h2-9,14H,10-13H2,1H3,(H,29,33)(H,26,27,28,30). The smallest absolute Gasteiger partial charge is 0.406 e. The number of aromatic nitrogens is 3. The quantitative estimate of drug-likeness (QED) is 0.574. The van der Waals surface area contributed by atoms with Gasteiger partial charge in [-0.2, -0.15) is 0 Å². The molecule has 1 fully saturated rings. The second-order valence-electron chi connectivity index (χ2n) is 7.48. The van der Waals surface area contributed by atoms with Crippen molar-refractivity contribution in [1.29, 1.82) is 0 Å². The summed E-state index contributed by atoms with van der Waals surface area (Å²) in [6.45, 7) is 3.83. The van der Waals surface area contributed by atoms with E-state index in [0.717, 1.165) is 18.0 Å². The van der Waals surface area contributed by atoms with Crippen LogP contribution in [0.15, 0.2) is 54.7 Å². The first kappa shape index (κ1) is 23.1. The van der Waals surface area contributed by atoms with Crippen molar-refractivity contribution in [2.75, 3.05) is 41.7 Å². The summed E-state index contributed by atoms with van der Waals surface area (Å²) in [6, 6.07) is 12.1. The predicted octanol–water partition coefficient (Wildman–Crippen LogP) is 4.18. The van der Waals surface area contributed by atoms with E-state index in [-0.39, 0.29) is 11.8 Å². The molecule has 9 nitrogen and oxygen atoms in total. The molecule has 2 amide bonds. The summed E-state index contributed by atoms with van der Waals surface area (Å²) in [5, 5.41) is 5.85. The van der Waals surface area contributed by atoms with Crippen LogP contribution in [0.4, 0.5) is 41.1 Å². The Labute approximate surface area is 193 Å². The zero-order chi connectivity index (χ0) is 24.1. The van der Waals surface area contributed by atoms with Crippen LogP contribution in [-0.2, 0) is 0 Å². The molecule has 0 saturated carbocycles. The molecule has 4 rings (SSSR count). The highest BCUT2D eigenvalue weighted by Crippen LogP contribution is 2.24. The number of halogens is 3. The van der Waals surface area contributed by atoms with Crippen LogP contribution in [0.5, 0.6) is 5.75 Å². The maximum Gasteiger partial charge on any atom is 0.573 e. The number of ether oxygens (including phenoxy) is 1. The third-order valence-electron chi connectivity index (χ3n) is 4.98. The molecular formula is C22H22F3N7O2. The van der Waals surface area contributed by atoms with Gasteiger partial charge in [0.05, 0.1) is 0 Å². The summed E-state index contributed by atoms with van der Waals surface area (Å²) in [5.74, 6) is 2.29. The third kappa shape index (κ3) is 6.24. The number of nitrogens with zero attached hydrogens (tertiary/aromatic N) is 5. The molecule has 178 valence electrons. The Hall–Kier alpha value is -4.09. The van der Waals surface area contributed by atoms with Gasteiger partial charge in [0.15, 0.2) is 0 Å². The normalized spacial score (nSPS) is 14.0. The van der Waals surface area contributed by atoms with Crippen LogP contribution in [0.25, 0.3) is 0 Å². The molecule has 1 aliphatic rings. The summed E-state index contributed by atoms with van der Waals surface area (Å²) < 4.78 is 40.7. The number of piperazine rings is 1. The molecule has 3 aromatic rings. The summed E-state index contributed by atoms with van der Waals surface area (Å²) >= 11 is 0. The van der Waals surface area contributed by atoms with Gasteiger partial charge in [-0.15, -0.1) is 13.2 Å². The van der Waals surface area contributed by atoms with E-state index in [1.807, 2.05) is 31.2 Å². The Morgan fingerprint density at radius 2 is 1.74 bits per heavy atom. The van der Waals surface area contributed by atoms with E-state index >= 15 is 0 Å². The Kier molecular flexibility index (Phi) is 6.66. The number of carbonyl (C=O) groups is 1. The van der Waals surface area contributed by atoms with Gasteiger partial charge in [0.1, 0.15) is 29.0 Å². The molecule has 1 aliphatic heterocycles. The minimum atomic E-state index is -4.76. The molecule has 1 saturated heterocycles. The first-order valence-electron chi connectivity index (χ1n) is 10.5. The SMILES string of the molecule is Cc1nc(Nc2ccccn2)cc(N2CCN(C(=O)Nc3ccc(OC(F)(F)F)cc3)CC2)n1. The average Bonchev–Trinajstić information content (AvgIpc) is 2.80. The lowest BCUT2D eigenvalue weighted by molar-refractivity contribution is -0.274. The molecule has 12 heteroatoms. The second-order valence-corrected chi connectivity index (χ2v) is 7.48. The van der Waals surface area contributed by atoms with Crippen molar-refractivity contribution in [2.45, 2.75) is 13.3 Å². The van der Waals surface area contributed by atoms with Gasteiger partial charge in [-0.3, -0.25) is 0 Å². The van der Waals surface area contributed by atoms with Gasteiger partial charge < -0.3 is 25.2 Å². The summed E-state index contributed by atoms with van der Waals surface area (Å²) in [6.07, 6.45) is -3.08. The zero-order valence-corrected chi connectivity index (χ0v) is 18.2. The molecule has 0 bridgehead atoms. The van der Waals surface area contributed by atoms with Gasteiger partial charge in [-0.25, -0.2) is 19.7 Å². The van der Waals surface area contributed by atoms with Crippen LogP contribution in [0, 0.1) is 6.92 Å². The lowest BCUT2D eigenvalue weighted by atomic mass is 10.3. The molecule has 0 aliphatic carbocycles. The van der Waals surface area contributed by atoms with Crippen molar-refractivity contribution < 1.29 is 22.7 Å². The number of aryl methyl sites for hydroxylation is 1. The van der Waals surface area contributed by atoms with Gasteiger partial charge in [0, 0.05) is 44.1 Å². The van der Waals surface area contributed by atoms with E-state index in [1.165, 1.54) is 12.1 Å². The molecule has 0 atom stereocenters. The lowest BCUT2D eigenvalue weighted by Crippen LogP contribution is -2.50. The number of urea groups is 1. The van der Waals surface area contributed by atoms with Gasteiger partial charge >= 0.3 is 12.4 Å². The van der Waals surface area contributed by atoms with Crippen LogP contribution in [0.2, 0.25) is 0 Å². The predicted molar refractivity (Wildman–Crippen MR) is 120 cm³/mol. The number of amides is 2. The van der Waals surface area contributed by atoms with Crippen molar-refractivity contribution in [1.82, 2.24) is 19.9 Å². The van der Waals surface area contributed by atoms with Gasteiger partial charge in [-0.05, 0) is 43.3 Å². The van der Waals surface area contributed by atoms with E-state index in [4.69, 9.17) is 0 Å². The number of pyridine rings is 1. The summed E-state index contributed by atoms with van der Waals surface area (Å²) in [4.78, 5) is 29.4. The number of anilines is 4. The monoisotopic (exact) mass is 473 g/mol. The number of nitrogens with one attached hydrogen (secondary N) is 2. The Morgan fingerprint density at radius 3 is 2.38 bits per heavy atom. The van der Waals surface area contributed by atoms with Crippen LogP contribution >= 0.6 is 0 Å². The number of benzene rings is 1. The molecule has 1 aromatic carbocycles. The Balaban J connectivity index is 1.33. The fourth-order valence-corrected chi connectivity index (χ4v) is 3.43. The molecule has 2 aromatic heterocycles. The molecule has 0 radical (unpaired) electrons. The van der Waals surface area contributed by atoms with E-state index in [2.05, 4.69) is 35.2 Å². The number of hydrogen-bond donors (Lipinski definition) is 2. The fourth-order valence-electron chi connectivity index (χ4n) is 3.43. The van der Waals surface area contributed by atoms with Crippen LogP contribution < -0.4 is 20.3 Å². The highest BCUT2D eigenvalue weighted by Gasteiger charge is 2.31. The number of carbonyl (C=O) groups excluding carboxylic acids is 1. The Morgan fingerprint density at radius 1 is 1.00 bits per heavy atom. The fraction of sp³-hybridized carbons (Fsp3) is 0.273. The van der Waals surface area contributed by atoms with Crippen molar-refractivity contribution >= 4 is 29.2 Å². The van der Waals surface area contributed by atoms with Crippen molar-refractivity contribution in [2.24, 2.45) is 0 Å². The average molecular weight is 473 g/mol. The first-order valence-corrected chi connectivity index (χ1v) is 10.5. The minimum absolute atomic E-state index is 0.333. The van der Waals surface area contributed by atoms with Crippen molar-refractivity contribution in [3.63, 3.8) is 0 Å². The molecule has 34 heavy (non-hydrogen) atoms. The topological polar surface area (TPSA) is 95.5 Å². The van der Waals surface area contributed by atoms with Gasteiger partial charge in [0.2, 0.25) is 0 Å². The zero-order valence-electron chi connectivity index (χ0n) is 18.2. The second kappa shape index (κ2) is 9.81. The maximum absolute atomic E-state index is 12.6. The van der Waals surface area contributed by atoms with E-state index < -0.39 is 6.36 Å². The highest BCUT2D eigenvalue weighted by atomic mass is 19.4. The number of rotatable bonds is 5. The summed E-state index contributed by atoms with van der Waals surface area (Å²) in [7, 11) is 0. The number of hydrogen-bond acceptors (Lipinski definition) is 7. The van der Waals surface area contributed by atoms with E-state index in [1.54, 1.807) is 11.1 Å². The van der Waals surface area contributed by atoms with Crippen molar-refractivity contribution in [3.05, 3.63) is 60.6 Å². The van der Waals surface area contributed by atoms with Crippen molar-refractivity contribution in [3.8, 4) is 5.75 Å². The van der Waals surface area contributed by atoms with Crippen LogP contribution in [0.3, 0.4) is 0 Å². The largest absolute Gasteiger partial charge is 0.573 e. The van der Waals surface area contributed by atoms with Gasteiger partial charge in [-0.1, -0.05) is 6.07 Å². The first-order chi connectivity index (χ1) is 16.2. The summed E-state index contributed by atoms with van der Waals surface area (Å²) in [5.41, 5.74) is 0.374. The Bertz CT molecular complexity index is 1120. The third-order valence-corrected chi connectivity index (χ3v) is 4.98. The molecule has 2 N–H and O–H groups in total. The molecular weight excluding hydrogens is 451 g/mol.